The van der Waals surface area contributed by atoms with Gasteiger partial charge in [0, 0.05) is 19.4 Å². The lowest BCUT2D eigenvalue weighted by Gasteiger charge is -2.19. The van der Waals surface area contributed by atoms with E-state index in [-0.39, 0.29) is 40.0 Å². The zero-order valence-electron chi connectivity index (χ0n) is 18.5. The Morgan fingerprint density at radius 1 is 0.871 bits per heavy atom. The van der Waals surface area contributed by atoms with E-state index in [1.807, 2.05) is 0 Å². The lowest BCUT2D eigenvalue weighted by atomic mass is 10.1. The third kappa shape index (κ3) is 20.7. The smallest absolute Gasteiger partial charge is 0.462 e. The second-order valence-electron chi connectivity index (χ2n) is 7.16. The molecule has 0 spiro atoms. The molecule has 3 N–H and O–H groups in total. The molecule has 0 fully saturated rings. The Hall–Kier alpha value is -0.990. The van der Waals surface area contributed by atoms with Gasteiger partial charge in [-0.2, -0.15) is 0 Å². The van der Waals surface area contributed by atoms with Crippen LogP contribution in [0.4, 0.5) is 0 Å². The van der Waals surface area contributed by atoms with Gasteiger partial charge in [0.2, 0.25) is 0 Å². The standard InChI is InChI=1S/C20H40NO8P.CH4/c1-3-5-7-9-11-12-19(22)26-16-18(17-28-30(24,25)27-15-14-21)29-20(23)13-10-8-6-4-2;/h18H,3-17,21H2,1-2H3,(H,24,25);1H4/t18-;/m1./s1. The highest BCUT2D eigenvalue weighted by Crippen LogP contribution is 2.43. The van der Waals surface area contributed by atoms with Crippen molar-refractivity contribution in [2.75, 3.05) is 26.4 Å². The van der Waals surface area contributed by atoms with Crippen LogP contribution in [0.2, 0.25) is 0 Å². The molecule has 0 aromatic carbocycles. The van der Waals surface area contributed by atoms with E-state index in [4.69, 9.17) is 19.7 Å². The maximum absolute atomic E-state index is 12.0. The van der Waals surface area contributed by atoms with Gasteiger partial charge in [-0.25, -0.2) is 4.57 Å². The maximum Gasteiger partial charge on any atom is 0.472 e. The topological polar surface area (TPSA) is 134 Å². The van der Waals surface area contributed by atoms with Crippen LogP contribution in [0.1, 0.15) is 91.9 Å². The van der Waals surface area contributed by atoms with Crippen LogP contribution in [0.15, 0.2) is 0 Å². The molecule has 0 amide bonds. The molecule has 31 heavy (non-hydrogen) atoms. The van der Waals surface area contributed by atoms with Gasteiger partial charge in [0.25, 0.3) is 0 Å². The minimum atomic E-state index is -4.32. The SMILES string of the molecule is C.CCCCCCCC(=O)OC[C@H](COP(=O)(O)OCCN)OC(=O)CCCCCC. The Kier molecular flexibility index (Phi) is 21.7. The lowest BCUT2D eigenvalue weighted by Crippen LogP contribution is -2.29. The van der Waals surface area contributed by atoms with Gasteiger partial charge in [-0.3, -0.25) is 18.6 Å². The Labute approximate surface area is 188 Å². The minimum Gasteiger partial charge on any atom is -0.462 e. The van der Waals surface area contributed by atoms with Gasteiger partial charge in [-0.05, 0) is 12.8 Å². The summed E-state index contributed by atoms with van der Waals surface area (Å²) in [4.78, 5) is 33.5. The highest BCUT2D eigenvalue weighted by molar-refractivity contribution is 7.47. The summed E-state index contributed by atoms with van der Waals surface area (Å²) in [5.41, 5.74) is 5.23. The number of unbranched alkanes of at least 4 members (excludes halogenated alkanes) is 7. The molecule has 2 atom stereocenters. The molecule has 0 radical (unpaired) electrons. The molecular formula is C21H44NO8P. The van der Waals surface area contributed by atoms with E-state index in [1.54, 1.807) is 0 Å². The van der Waals surface area contributed by atoms with Crippen molar-refractivity contribution in [3.63, 3.8) is 0 Å². The van der Waals surface area contributed by atoms with Crippen molar-refractivity contribution >= 4 is 19.8 Å². The Balaban J connectivity index is 0. The fourth-order valence-electron chi connectivity index (χ4n) is 2.57. The summed E-state index contributed by atoms with van der Waals surface area (Å²) in [6, 6.07) is 0. The molecule has 0 saturated heterocycles. The first-order chi connectivity index (χ1) is 14.3. The van der Waals surface area contributed by atoms with Gasteiger partial charge < -0.3 is 20.1 Å². The van der Waals surface area contributed by atoms with Crippen molar-refractivity contribution in [3.8, 4) is 0 Å². The molecule has 10 heteroatoms. The number of hydrogen-bond donors (Lipinski definition) is 2. The molecule has 186 valence electrons. The van der Waals surface area contributed by atoms with Gasteiger partial charge in [0.15, 0.2) is 6.10 Å². The molecule has 0 saturated carbocycles. The van der Waals surface area contributed by atoms with E-state index in [0.717, 1.165) is 51.4 Å². The number of ether oxygens (including phenoxy) is 2. The highest BCUT2D eigenvalue weighted by Gasteiger charge is 2.25. The van der Waals surface area contributed by atoms with Gasteiger partial charge in [-0.1, -0.05) is 66.2 Å². The van der Waals surface area contributed by atoms with Crippen molar-refractivity contribution in [1.82, 2.24) is 0 Å². The van der Waals surface area contributed by atoms with Crippen LogP contribution in [0.25, 0.3) is 0 Å². The van der Waals surface area contributed by atoms with E-state index < -0.39 is 32.5 Å². The van der Waals surface area contributed by atoms with Crippen molar-refractivity contribution in [2.24, 2.45) is 5.73 Å². The van der Waals surface area contributed by atoms with Gasteiger partial charge in [0.05, 0.1) is 13.2 Å². The highest BCUT2D eigenvalue weighted by atomic mass is 31.2. The summed E-state index contributed by atoms with van der Waals surface area (Å²) >= 11 is 0. The second-order valence-corrected chi connectivity index (χ2v) is 8.61. The first kappa shape index (κ1) is 32.2. The quantitative estimate of drug-likeness (QED) is 0.150. The molecule has 0 rings (SSSR count). The van der Waals surface area contributed by atoms with Crippen molar-refractivity contribution < 1.29 is 37.6 Å². The summed E-state index contributed by atoms with van der Waals surface area (Å²) in [6.45, 7) is 3.43. The largest absolute Gasteiger partial charge is 0.472 e. The van der Waals surface area contributed by atoms with Crippen molar-refractivity contribution in [1.29, 1.82) is 0 Å². The average Bonchev–Trinajstić information content (AvgIpc) is 2.71. The average molecular weight is 470 g/mol. The molecule has 0 aromatic rings. The predicted octanol–water partition coefficient (Wildman–Crippen LogP) is 4.50. The minimum absolute atomic E-state index is 0. The maximum atomic E-state index is 12.0. The normalized spacial score (nSPS) is 13.7. The Morgan fingerprint density at radius 3 is 2.00 bits per heavy atom. The van der Waals surface area contributed by atoms with Crippen LogP contribution in [0.3, 0.4) is 0 Å². The number of esters is 2. The number of hydrogen-bond acceptors (Lipinski definition) is 8. The van der Waals surface area contributed by atoms with Crippen molar-refractivity contribution in [3.05, 3.63) is 0 Å². The molecular weight excluding hydrogens is 425 g/mol. The lowest BCUT2D eigenvalue weighted by molar-refractivity contribution is -0.161. The fraction of sp³-hybridized carbons (Fsp3) is 0.905. The Bertz CT molecular complexity index is 504. The summed E-state index contributed by atoms with van der Waals surface area (Å²) < 4.78 is 31.8. The van der Waals surface area contributed by atoms with Crippen LogP contribution < -0.4 is 5.73 Å². The summed E-state index contributed by atoms with van der Waals surface area (Å²) in [6.07, 6.45) is 8.22. The first-order valence-electron chi connectivity index (χ1n) is 11.0. The van der Waals surface area contributed by atoms with Gasteiger partial charge in [-0.15, -0.1) is 0 Å². The van der Waals surface area contributed by atoms with Crippen LogP contribution in [-0.2, 0) is 32.7 Å². The molecule has 0 aliphatic heterocycles. The summed E-state index contributed by atoms with van der Waals surface area (Å²) in [5, 5.41) is 0. The van der Waals surface area contributed by atoms with E-state index in [9.17, 15) is 19.0 Å². The first-order valence-corrected chi connectivity index (χ1v) is 12.5. The third-order valence-electron chi connectivity index (χ3n) is 4.24. The third-order valence-corrected chi connectivity index (χ3v) is 5.23. The zero-order chi connectivity index (χ0) is 22.7. The number of phosphoric ester groups is 1. The second kappa shape index (κ2) is 20.9. The molecule has 9 nitrogen and oxygen atoms in total. The summed E-state index contributed by atoms with van der Waals surface area (Å²) in [7, 11) is -4.32. The molecule has 1 unspecified atom stereocenters. The molecule has 0 aromatic heterocycles. The number of phosphoric acid groups is 1. The van der Waals surface area contributed by atoms with Crippen LogP contribution in [-0.4, -0.2) is 49.3 Å². The van der Waals surface area contributed by atoms with Crippen molar-refractivity contribution in [2.45, 2.75) is 98.0 Å². The van der Waals surface area contributed by atoms with Gasteiger partial charge >= 0.3 is 19.8 Å². The number of rotatable bonds is 20. The monoisotopic (exact) mass is 469 g/mol. The molecule has 0 aliphatic carbocycles. The van der Waals surface area contributed by atoms with E-state index >= 15 is 0 Å². The Morgan fingerprint density at radius 2 is 1.42 bits per heavy atom. The number of nitrogens with two attached hydrogens (primary N) is 1. The van der Waals surface area contributed by atoms with Crippen LogP contribution in [0.5, 0.6) is 0 Å². The number of carbonyl (C=O) groups excluding carboxylic acids is 2. The molecule has 0 heterocycles. The van der Waals surface area contributed by atoms with E-state index in [2.05, 4.69) is 18.4 Å². The summed E-state index contributed by atoms with van der Waals surface area (Å²) in [5.74, 6) is -0.868. The predicted molar refractivity (Wildman–Crippen MR) is 120 cm³/mol. The van der Waals surface area contributed by atoms with E-state index in [0.29, 0.717) is 6.42 Å². The van der Waals surface area contributed by atoms with Crippen LogP contribution >= 0.6 is 7.82 Å². The zero-order valence-corrected chi connectivity index (χ0v) is 19.4. The van der Waals surface area contributed by atoms with Gasteiger partial charge in [0.1, 0.15) is 6.61 Å². The molecule has 0 aliphatic rings. The molecule has 0 bridgehead atoms. The van der Waals surface area contributed by atoms with Crippen LogP contribution in [0, 0.1) is 0 Å². The fourth-order valence-corrected chi connectivity index (χ4v) is 3.34. The van der Waals surface area contributed by atoms with E-state index in [1.165, 1.54) is 0 Å². The number of carbonyl (C=O) groups is 2.